The van der Waals surface area contributed by atoms with Crippen molar-refractivity contribution in [1.29, 1.82) is 0 Å². The molecule has 59 heavy (non-hydrogen) atoms. The Morgan fingerprint density at radius 1 is 0.203 bits per heavy atom. The molecule has 11 rings (SSSR count). The lowest BCUT2D eigenvalue weighted by Crippen LogP contribution is -2.10. The lowest BCUT2D eigenvalue weighted by atomic mass is 9.89. The zero-order valence-corrected chi connectivity index (χ0v) is 32.5. The highest BCUT2D eigenvalue weighted by atomic mass is 15.1. The minimum Gasteiger partial charge on any atom is -0.310 e. The molecule has 0 unspecified atom stereocenters. The smallest absolute Gasteiger partial charge is 0.0473 e. The number of hydrogen-bond donors (Lipinski definition) is 0. The van der Waals surface area contributed by atoms with Crippen LogP contribution in [0.1, 0.15) is 0 Å². The highest BCUT2D eigenvalue weighted by Crippen LogP contribution is 2.45. The summed E-state index contributed by atoms with van der Waals surface area (Å²) < 4.78 is 0. The second-order valence-electron chi connectivity index (χ2n) is 15.3. The number of anilines is 3. The number of benzene rings is 11. The van der Waals surface area contributed by atoms with Crippen LogP contribution < -0.4 is 4.90 Å². The van der Waals surface area contributed by atoms with Gasteiger partial charge in [0, 0.05) is 17.1 Å². The normalized spacial score (nSPS) is 11.4. The van der Waals surface area contributed by atoms with E-state index in [1.807, 2.05) is 0 Å². The van der Waals surface area contributed by atoms with Gasteiger partial charge in [0.05, 0.1) is 0 Å². The fraction of sp³-hybridized carbons (Fsp3) is 0. The van der Waals surface area contributed by atoms with Crippen molar-refractivity contribution in [2.45, 2.75) is 0 Å². The molecule has 0 N–H and O–H groups in total. The van der Waals surface area contributed by atoms with Gasteiger partial charge in [-0.2, -0.15) is 0 Å². The van der Waals surface area contributed by atoms with Crippen LogP contribution in [-0.2, 0) is 0 Å². The highest BCUT2D eigenvalue weighted by Gasteiger charge is 2.19. The Labute approximate surface area is 344 Å². The van der Waals surface area contributed by atoms with Crippen molar-refractivity contribution in [3.63, 3.8) is 0 Å². The van der Waals surface area contributed by atoms with Gasteiger partial charge in [0.25, 0.3) is 0 Å². The Morgan fingerprint density at radius 2 is 0.542 bits per heavy atom. The first kappa shape index (κ1) is 34.5. The first-order chi connectivity index (χ1) is 29.2. The summed E-state index contributed by atoms with van der Waals surface area (Å²) in [6, 6.07) is 86.4. The Bertz CT molecular complexity index is 3070. The molecule has 1 nitrogen and oxygen atoms in total. The summed E-state index contributed by atoms with van der Waals surface area (Å²) in [6.07, 6.45) is 0. The largest absolute Gasteiger partial charge is 0.310 e. The van der Waals surface area contributed by atoms with Gasteiger partial charge in [-0.1, -0.05) is 182 Å². The van der Waals surface area contributed by atoms with E-state index in [0.29, 0.717) is 0 Å². The standard InChI is InChI=1S/C58H39N/c1-3-15-40(16-4-1)42-27-31-48(32-28-42)59(49-33-29-43(30-34-49)41-17-5-2-6-18-41)50-36-46(57-38-44-19-7-9-21-51(44)53-23-11-13-25-55(53)57)35-47(37-50)58-39-45-20-8-10-22-52(45)54-24-12-14-26-56(54)58/h1-39H. The molecule has 1 heteroatoms. The molecule has 0 bridgehead atoms. The van der Waals surface area contributed by atoms with Gasteiger partial charge in [0.1, 0.15) is 0 Å². The van der Waals surface area contributed by atoms with Gasteiger partial charge < -0.3 is 4.90 Å². The molecule has 0 heterocycles. The Morgan fingerprint density at radius 3 is 0.966 bits per heavy atom. The summed E-state index contributed by atoms with van der Waals surface area (Å²) >= 11 is 0. The summed E-state index contributed by atoms with van der Waals surface area (Å²) in [6.45, 7) is 0. The predicted octanol–water partition coefficient (Wildman–Crippen LogP) is 16.4. The highest BCUT2D eigenvalue weighted by molar-refractivity contribution is 6.16. The minimum absolute atomic E-state index is 1.09. The molecule has 0 saturated carbocycles. The van der Waals surface area contributed by atoms with Crippen molar-refractivity contribution >= 4 is 60.2 Å². The molecular weight excluding hydrogens is 711 g/mol. The van der Waals surface area contributed by atoms with Crippen LogP contribution in [-0.4, -0.2) is 0 Å². The van der Waals surface area contributed by atoms with Crippen LogP contribution in [0.3, 0.4) is 0 Å². The monoisotopic (exact) mass is 749 g/mol. The Hall–Kier alpha value is -7.74. The van der Waals surface area contributed by atoms with Gasteiger partial charge in [-0.15, -0.1) is 0 Å². The first-order valence-electron chi connectivity index (χ1n) is 20.3. The number of fused-ring (bicyclic) bond motifs is 6. The quantitative estimate of drug-likeness (QED) is 0.147. The Balaban J connectivity index is 1.19. The van der Waals surface area contributed by atoms with Gasteiger partial charge in [-0.25, -0.2) is 0 Å². The maximum Gasteiger partial charge on any atom is 0.0473 e. The van der Waals surface area contributed by atoms with Crippen molar-refractivity contribution in [3.8, 4) is 44.5 Å². The molecule has 0 aliphatic carbocycles. The zero-order valence-electron chi connectivity index (χ0n) is 32.5. The third kappa shape index (κ3) is 6.30. The van der Waals surface area contributed by atoms with Gasteiger partial charge >= 0.3 is 0 Å². The maximum absolute atomic E-state index is 2.42. The molecule has 0 spiro atoms. The first-order valence-corrected chi connectivity index (χ1v) is 20.3. The van der Waals surface area contributed by atoms with Gasteiger partial charge in [-0.3, -0.25) is 0 Å². The van der Waals surface area contributed by atoms with Gasteiger partial charge in [0.15, 0.2) is 0 Å². The zero-order chi connectivity index (χ0) is 39.1. The molecule has 0 radical (unpaired) electrons. The Kier molecular flexibility index (Phi) is 8.56. The third-order valence-electron chi connectivity index (χ3n) is 11.8. The molecule has 11 aromatic carbocycles. The summed E-state index contributed by atoms with van der Waals surface area (Å²) in [4.78, 5) is 2.42. The molecule has 0 amide bonds. The minimum atomic E-state index is 1.09. The molecule has 0 fully saturated rings. The van der Waals surface area contributed by atoms with Crippen molar-refractivity contribution < 1.29 is 0 Å². The van der Waals surface area contributed by atoms with Crippen molar-refractivity contribution in [2.75, 3.05) is 4.90 Å². The van der Waals surface area contributed by atoms with E-state index in [4.69, 9.17) is 0 Å². The van der Waals surface area contributed by atoms with Crippen LogP contribution in [0.25, 0.3) is 87.6 Å². The second-order valence-corrected chi connectivity index (χ2v) is 15.3. The van der Waals surface area contributed by atoms with Gasteiger partial charge in [0.2, 0.25) is 0 Å². The van der Waals surface area contributed by atoms with E-state index in [2.05, 4.69) is 241 Å². The van der Waals surface area contributed by atoms with Crippen LogP contribution in [0.15, 0.2) is 237 Å². The van der Waals surface area contributed by atoms with E-state index in [1.54, 1.807) is 0 Å². The molecular formula is C58H39N. The maximum atomic E-state index is 2.42. The molecule has 0 aliphatic heterocycles. The van der Waals surface area contributed by atoms with Crippen LogP contribution >= 0.6 is 0 Å². The van der Waals surface area contributed by atoms with Crippen molar-refractivity contribution in [1.82, 2.24) is 0 Å². The van der Waals surface area contributed by atoms with Crippen molar-refractivity contribution in [2.24, 2.45) is 0 Å². The fourth-order valence-electron chi connectivity index (χ4n) is 8.95. The second kappa shape index (κ2) is 14.6. The molecule has 0 aromatic heterocycles. The summed E-state index contributed by atoms with van der Waals surface area (Å²) in [7, 11) is 0. The van der Waals surface area contributed by atoms with Crippen LogP contribution in [0.2, 0.25) is 0 Å². The lowest BCUT2D eigenvalue weighted by molar-refractivity contribution is 1.28. The fourth-order valence-corrected chi connectivity index (χ4v) is 8.95. The molecule has 0 aliphatic rings. The van der Waals surface area contributed by atoms with Crippen LogP contribution in [0, 0.1) is 0 Å². The van der Waals surface area contributed by atoms with Crippen LogP contribution in [0.4, 0.5) is 17.1 Å². The third-order valence-corrected chi connectivity index (χ3v) is 11.8. The summed E-state index contributed by atoms with van der Waals surface area (Å²) in [5.74, 6) is 0. The van der Waals surface area contributed by atoms with Crippen LogP contribution in [0.5, 0.6) is 0 Å². The number of nitrogens with zero attached hydrogens (tertiary/aromatic N) is 1. The van der Waals surface area contributed by atoms with Gasteiger partial charge in [-0.05, 0) is 142 Å². The number of hydrogen-bond acceptors (Lipinski definition) is 1. The average molecular weight is 750 g/mol. The summed E-state index contributed by atoms with van der Waals surface area (Å²) in [5, 5.41) is 9.99. The lowest BCUT2D eigenvalue weighted by Gasteiger charge is -2.28. The summed E-state index contributed by atoms with van der Waals surface area (Å²) in [5.41, 5.74) is 12.8. The molecule has 11 aromatic rings. The molecule has 276 valence electrons. The molecule has 0 atom stereocenters. The average Bonchev–Trinajstić information content (AvgIpc) is 3.32. The molecule has 0 saturated heterocycles. The van der Waals surface area contributed by atoms with E-state index in [9.17, 15) is 0 Å². The van der Waals surface area contributed by atoms with Crippen molar-refractivity contribution in [3.05, 3.63) is 237 Å². The topological polar surface area (TPSA) is 3.24 Å². The van der Waals surface area contributed by atoms with E-state index in [0.717, 1.165) is 17.1 Å². The number of rotatable bonds is 7. The van der Waals surface area contributed by atoms with E-state index in [-0.39, 0.29) is 0 Å². The van der Waals surface area contributed by atoms with E-state index in [1.165, 1.54) is 87.6 Å². The van der Waals surface area contributed by atoms with E-state index >= 15 is 0 Å². The van der Waals surface area contributed by atoms with E-state index < -0.39 is 0 Å². The SMILES string of the molecule is c1ccc(-c2ccc(N(c3ccc(-c4ccccc4)cc3)c3cc(-c4cc5ccccc5c5ccccc45)cc(-c4cc5ccccc5c5ccccc45)c3)cc2)cc1. The predicted molar refractivity (Wildman–Crippen MR) is 253 cm³/mol.